The lowest BCUT2D eigenvalue weighted by molar-refractivity contribution is -0.0328. The molecule has 0 unspecified atom stereocenters. The first-order valence-corrected chi connectivity index (χ1v) is 12.5. The molecule has 1 aromatic carbocycles. The first-order valence-electron chi connectivity index (χ1n) is 12.5. The molecule has 2 aliphatic carbocycles. The molecule has 0 amide bonds. The van der Waals surface area contributed by atoms with Gasteiger partial charge in [0.1, 0.15) is 5.75 Å². The summed E-state index contributed by atoms with van der Waals surface area (Å²) in [6.07, 6.45) is 12.8. The molecule has 1 aromatic heterocycles. The molecule has 3 aliphatic rings. The lowest BCUT2D eigenvalue weighted by Gasteiger charge is -2.40. The highest BCUT2D eigenvalue weighted by atomic mass is 16.5. The monoisotopic (exact) mass is 426 g/mol. The van der Waals surface area contributed by atoms with Crippen molar-refractivity contribution in [2.75, 3.05) is 26.2 Å². The minimum Gasteiger partial charge on any atom is -0.493 e. The fourth-order valence-corrected chi connectivity index (χ4v) is 5.56. The summed E-state index contributed by atoms with van der Waals surface area (Å²) >= 11 is 0. The second kappa shape index (κ2) is 9.11. The Labute approximate surface area is 186 Å². The lowest BCUT2D eigenvalue weighted by atomic mass is 9.83. The fourth-order valence-electron chi connectivity index (χ4n) is 5.56. The maximum Gasteiger partial charge on any atom is 0.173 e. The first-order chi connectivity index (χ1) is 15.1. The van der Waals surface area contributed by atoms with Crippen LogP contribution in [-0.2, 0) is 6.42 Å². The van der Waals surface area contributed by atoms with Crippen LogP contribution in [0.2, 0.25) is 0 Å². The number of hydrogen-bond donors (Lipinski definition) is 1. The van der Waals surface area contributed by atoms with E-state index < -0.39 is 5.60 Å². The number of aliphatic hydroxyl groups is 1. The summed E-state index contributed by atoms with van der Waals surface area (Å²) < 4.78 is 11.7. The Morgan fingerprint density at radius 1 is 1.10 bits per heavy atom. The number of likely N-dealkylation sites (tertiary alicyclic amines) is 1. The van der Waals surface area contributed by atoms with Gasteiger partial charge in [-0.25, -0.2) is 0 Å². The highest BCUT2D eigenvalue weighted by molar-refractivity contribution is 5.84. The average molecular weight is 427 g/mol. The Balaban J connectivity index is 1.12. The number of hydrogen-bond acceptors (Lipinski definition) is 5. The van der Waals surface area contributed by atoms with Gasteiger partial charge in [-0.3, -0.25) is 0 Å². The third-order valence-electron chi connectivity index (χ3n) is 7.88. The van der Waals surface area contributed by atoms with Gasteiger partial charge in [0.2, 0.25) is 0 Å². The normalized spacial score (nSPS) is 22.8. The predicted octanol–water partition coefficient (Wildman–Crippen LogP) is 5.26. The van der Waals surface area contributed by atoms with Crippen LogP contribution in [-0.4, -0.2) is 47.0 Å². The number of nitrogens with zero attached hydrogens (tertiary/aromatic N) is 2. The Bertz CT molecular complexity index is 874. The topological polar surface area (TPSA) is 58.7 Å². The largest absolute Gasteiger partial charge is 0.493 e. The second-order valence-corrected chi connectivity index (χ2v) is 10.5. The average Bonchev–Trinajstić information content (AvgIpc) is 3.51. The van der Waals surface area contributed by atoms with E-state index >= 15 is 0 Å². The van der Waals surface area contributed by atoms with Gasteiger partial charge in [0.05, 0.1) is 17.9 Å². The fraction of sp³-hybridized carbons (Fsp3) is 0.731. The second-order valence-electron chi connectivity index (χ2n) is 10.5. The molecule has 0 bridgehead atoms. The number of ether oxygens (including phenoxy) is 1. The molecule has 170 valence electrons. The van der Waals surface area contributed by atoms with Crippen LogP contribution in [0.3, 0.4) is 0 Å². The molecule has 2 aromatic rings. The molecular weight excluding hydrogens is 388 g/mol. The Kier molecular flexibility index (Phi) is 6.25. The molecule has 2 saturated carbocycles. The first kappa shape index (κ1) is 21.3. The Morgan fingerprint density at radius 2 is 1.87 bits per heavy atom. The van der Waals surface area contributed by atoms with Crippen molar-refractivity contribution in [2.24, 2.45) is 11.8 Å². The van der Waals surface area contributed by atoms with Crippen molar-refractivity contribution in [1.82, 2.24) is 10.1 Å². The van der Waals surface area contributed by atoms with Crippen molar-refractivity contribution in [3.63, 3.8) is 0 Å². The van der Waals surface area contributed by atoms with E-state index in [-0.39, 0.29) is 0 Å². The van der Waals surface area contributed by atoms with Crippen LogP contribution in [0.25, 0.3) is 11.0 Å². The van der Waals surface area contributed by atoms with Gasteiger partial charge in [0.25, 0.3) is 0 Å². The number of piperidine rings is 1. The Hall–Kier alpha value is -1.59. The van der Waals surface area contributed by atoms with Crippen molar-refractivity contribution in [2.45, 2.75) is 83.2 Å². The molecule has 0 radical (unpaired) electrons. The van der Waals surface area contributed by atoms with Crippen molar-refractivity contribution >= 4 is 11.0 Å². The smallest absolute Gasteiger partial charge is 0.173 e. The van der Waals surface area contributed by atoms with E-state index in [9.17, 15) is 5.11 Å². The van der Waals surface area contributed by atoms with Gasteiger partial charge in [-0.15, -0.1) is 0 Å². The van der Waals surface area contributed by atoms with Gasteiger partial charge in [0, 0.05) is 17.5 Å². The highest BCUT2D eigenvalue weighted by Crippen LogP contribution is 2.34. The number of aromatic nitrogens is 1. The van der Waals surface area contributed by atoms with Gasteiger partial charge in [-0.1, -0.05) is 24.4 Å². The van der Waals surface area contributed by atoms with Crippen LogP contribution < -0.4 is 4.74 Å². The van der Waals surface area contributed by atoms with E-state index in [0.717, 1.165) is 85.3 Å². The van der Waals surface area contributed by atoms with Crippen LogP contribution in [0.5, 0.6) is 5.75 Å². The highest BCUT2D eigenvalue weighted by Gasteiger charge is 2.32. The maximum atomic E-state index is 10.9. The van der Waals surface area contributed by atoms with Gasteiger partial charge in [0.15, 0.2) is 5.58 Å². The number of aryl methyl sites for hydroxylation is 2. The summed E-state index contributed by atoms with van der Waals surface area (Å²) in [4.78, 5) is 2.50. The SMILES string of the molecule is Cc1c(OCC2CC2)ccc2c(CCC3CCN(CC4(O)CCCCC4)CC3)noc12. The molecule has 31 heavy (non-hydrogen) atoms. The van der Waals surface area contributed by atoms with Gasteiger partial charge >= 0.3 is 0 Å². The van der Waals surface area contributed by atoms with Crippen LogP contribution >= 0.6 is 0 Å². The molecule has 3 fully saturated rings. The molecule has 1 N–H and O–H groups in total. The molecule has 0 atom stereocenters. The van der Waals surface area contributed by atoms with Gasteiger partial charge in [-0.2, -0.15) is 0 Å². The number of rotatable bonds is 8. The standard InChI is InChI=1S/C26H38N2O3/c1-19-24(30-17-21-5-6-21)10-8-22-23(27-31-25(19)22)9-7-20-11-15-28(16-12-20)18-26(29)13-3-2-4-14-26/h8,10,20-21,29H,2-7,9,11-18H2,1H3. The van der Waals surface area contributed by atoms with Crippen molar-refractivity contribution < 1.29 is 14.4 Å². The minimum atomic E-state index is -0.427. The minimum absolute atomic E-state index is 0.427. The van der Waals surface area contributed by atoms with Gasteiger partial charge in [-0.05, 0) is 95.3 Å². The quantitative estimate of drug-likeness (QED) is 0.623. The van der Waals surface area contributed by atoms with Crippen LogP contribution in [0.1, 0.15) is 75.5 Å². The summed E-state index contributed by atoms with van der Waals surface area (Å²) in [6.45, 7) is 6.01. The van der Waals surface area contributed by atoms with E-state index in [1.54, 1.807) is 0 Å². The lowest BCUT2D eigenvalue weighted by Crippen LogP contribution is -2.47. The summed E-state index contributed by atoms with van der Waals surface area (Å²) in [5.74, 6) is 2.43. The third kappa shape index (κ3) is 5.09. The van der Waals surface area contributed by atoms with Crippen molar-refractivity contribution in [3.05, 3.63) is 23.4 Å². The summed E-state index contributed by atoms with van der Waals surface area (Å²) in [5.41, 5.74) is 2.62. The van der Waals surface area contributed by atoms with E-state index in [4.69, 9.17) is 9.26 Å². The number of benzene rings is 1. The molecular formula is C26H38N2O3. The number of β-amino-alcohol motifs (C(OH)–C–C–N with tert-alkyl or cyclic N) is 1. The third-order valence-corrected chi connectivity index (χ3v) is 7.88. The molecule has 0 spiro atoms. The molecule has 5 heteroatoms. The summed E-state index contributed by atoms with van der Waals surface area (Å²) in [6, 6.07) is 4.22. The maximum absolute atomic E-state index is 10.9. The van der Waals surface area contributed by atoms with Crippen molar-refractivity contribution in [3.8, 4) is 5.75 Å². The van der Waals surface area contributed by atoms with E-state index in [1.807, 2.05) is 0 Å². The van der Waals surface area contributed by atoms with E-state index in [1.165, 1.54) is 51.4 Å². The zero-order valence-electron chi connectivity index (χ0n) is 19.1. The molecule has 2 heterocycles. The molecule has 5 nitrogen and oxygen atoms in total. The zero-order chi connectivity index (χ0) is 21.3. The summed E-state index contributed by atoms with van der Waals surface area (Å²) in [5, 5.41) is 16.4. The van der Waals surface area contributed by atoms with E-state index in [0.29, 0.717) is 0 Å². The molecule has 1 aliphatic heterocycles. The molecule has 1 saturated heterocycles. The Morgan fingerprint density at radius 3 is 2.61 bits per heavy atom. The van der Waals surface area contributed by atoms with E-state index in [2.05, 4.69) is 29.1 Å². The summed E-state index contributed by atoms with van der Waals surface area (Å²) in [7, 11) is 0. The molecule has 5 rings (SSSR count). The van der Waals surface area contributed by atoms with Crippen LogP contribution in [0.4, 0.5) is 0 Å². The zero-order valence-corrected chi connectivity index (χ0v) is 19.1. The number of fused-ring (bicyclic) bond motifs is 1. The van der Waals surface area contributed by atoms with Crippen LogP contribution in [0.15, 0.2) is 16.7 Å². The van der Waals surface area contributed by atoms with Gasteiger partial charge < -0.3 is 19.3 Å². The predicted molar refractivity (Wildman–Crippen MR) is 122 cm³/mol. The van der Waals surface area contributed by atoms with Crippen LogP contribution in [0, 0.1) is 18.8 Å². The van der Waals surface area contributed by atoms with Crippen molar-refractivity contribution in [1.29, 1.82) is 0 Å².